The van der Waals surface area contributed by atoms with Crippen molar-refractivity contribution in [3.8, 4) is 11.6 Å². The van der Waals surface area contributed by atoms with Gasteiger partial charge in [-0.3, -0.25) is 10.1 Å². The zero-order chi connectivity index (χ0) is 15.4. The first-order chi connectivity index (χ1) is 10.0. The third kappa shape index (κ3) is 3.44. The average molecular weight is 288 g/mol. The fraction of sp³-hybridized carbons (Fsp3) is 0.286. The number of nitrogens with zero attached hydrogens (tertiary/aromatic N) is 3. The minimum Gasteiger partial charge on any atom is -0.438 e. The Morgan fingerprint density at radius 1 is 1.33 bits per heavy atom. The van der Waals surface area contributed by atoms with Crippen LogP contribution in [0.1, 0.15) is 18.1 Å². The van der Waals surface area contributed by atoms with E-state index < -0.39 is 4.92 Å². The molecule has 0 atom stereocenters. The zero-order valence-electron chi connectivity index (χ0n) is 12.1. The summed E-state index contributed by atoms with van der Waals surface area (Å²) in [6.45, 7) is 6.27. The number of nitro groups is 1. The molecule has 1 aromatic carbocycles. The van der Waals surface area contributed by atoms with E-state index in [1.165, 1.54) is 12.1 Å². The van der Waals surface area contributed by atoms with Crippen molar-refractivity contribution < 1.29 is 9.66 Å². The first-order valence-corrected chi connectivity index (χ1v) is 6.51. The normalized spacial score (nSPS) is 10.2. The van der Waals surface area contributed by atoms with Crippen molar-refractivity contribution in [3.05, 3.63) is 45.6 Å². The Hall–Kier alpha value is -2.70. The molecule has 0 fully saturated rings. The molecule has 2 rings (SSSR count). The van der Waals surface area contributed by atoms with Gasteiger partial charge in [-0.2, -0.15) is 4.98 Å². The summed E-state index contributed by atoms with van der Waals surface area (Å²) in [5.74, 6) is 1.25. The third-order valence-corrected chi connectivity index (χ3v) is 2.85. The van der Waals surface area contributed by atoms with Crippen LogP contribution in [0.2, 0.25) is 0 Å². The van der Waals surface area contributed by atoms with Crippen LogP contribution in [0, 0.1) is 24.0 Å². The number of hydrogen-bond acceptors (Lipinski definition) is 6. The van der Waals surface area contributed by atoms with Gasteiger partial charge in [0.15, 0.2) is 0 Å². The molecular formula is C14H16N4O3. The molecule has 0 saturated carbocycles. The topological polar surface area (TPSA) is 90.2 Å². The maximum absolute atomic E-state index is 10.8. The zero-order valence-corrected chi connectivity index (χ0v) is 12.1. The van der Waals surface area contributed by atoms with Gasteiger partial charge < -0.3 is 10.1 Å². The lowest BCUT2D eigenvalue weighted by Gasteiger charge is -2.11. The standard InChI is InChI=1S/C14H16N4O3/c1-4-15-14-16-8-10(3)13(17-14)21-12-7-11(18(19)20)6-5-9(12)2/h5-8H,4H2,1-3H3,(H,15,16,17). The maximum Gasteiger partial charge on any atom is 0.273 e. The van der Waals surface area contributed by atoms with Crippen LogP contribution in [0.25, 0.3) is 0 Å². The molecule has 7 heteroatoms. The van der Waals surface area contributed by atoms with Gasteiger partial charge in [-0.25, -0.2) is 4.98 Å². The van der Waals surface area contributed by atoms with Crippen LogP contribution in [0.4, 0.5) is 11.6 Å². The van der Waals surface area contributed by atoms with Crippen LogP contribution in [-0.2, 0) is 0 Å². The van der Waals surface area contributed by atoms with Crippen LogP contribution in [0.5, 0.6) is 11.6 Å². The van der Waals surface area contributed by atoms with Crippen molar-refractivity contribution in [2.45, 2.75) is 20.8 Å². The Morgan fingerprint density at radius 3 is 2.76 bits per heavy atom. The highest BCUT2D eigenvalue weighted by Crippen LogP contribution is 2.29. The van der Waals surface area contributed by atoms with E-state index in [0.29, 0.717) is 24.1 Å². The second-order valence-corrected chi connectivity index (χ2v) is 4.52. The van der Waals surface area contributed by atoms with Crippen molar-refractivity contribution in [3.63, 3.8) is 0 Å². The predicted molar refractivity (Wildman–Crippen MR) is 78.8 cm³/mol. The Balaban J connectivity index is 2.35. The van der Waals surface area contributed by atoms with Crippen molar-refractivity contribution >= 4 is 11.6 Å². The molecule has 7 nitrogen and oxygen atoms in total. The van der Waals surface area contributed by atoms with E-state index in [9.17, 15) is 10.1 Å². The van der Waals surface area contributed by atoms with Crippen LogP contribution in [0.15, 0.2) is 24.4 Å². The highest BCUT2D eigenvalue weighted by atomic mass is 16.6. The van der Waals surface area contributed by atoms with Crippen LogP contribution >= 0.6 is 0 Å². The average Bonchev–Trinajstić information content (AvgIpc) is 2.45. The molecule has 0 aliphatic rings. The summed E-state index contributed by atoms with van der Waals surface area (Å²) in [4.78, 5) is 18.8. The van der Waals surface area contributed by atoms with E-state index in [0.717, 1.165) is 11.1 Å². The third-order valence-electron chi connectivity index (χ3n) is 2.85. The van der Waals surface area contributed by atoms with Gasteiger partial charge in [0, 0.05) is 24.4 Å². The lowest BCUT2D eigenvalue weighted by atomic mass is 10.2. The molecule has 0 aliphatic carbocycles. The summed E-state index contributed by atoms with van der Waals surface area (Å²) < 4.78 is 5.72. The summed E-state index contributed by atoms with van der Waals surface area (Å²) in [6.07, 6.45) is 1.65. The Morgan fingerprint density at radius 2 is 2.10 bits per heavy atom. The molecule has 2 aromatic rings. The fourth-order valence-electron chi connectivity index (χ4n) is 1.69. The summed E-state index contributed by atoms with van der Waals surface area (Å²) in [5.41, 5.74) is 1.53. The second kappa shape index (κ2) is 6.17. The van der Waals surface area contributed by atoms with E-state index in [4.69, 9.17) is 4.74 Å². The molecule has 1 N–H and O–H groups in total. The van der Waals surface area contributed by atoms with Gasteiger partial charge in [0.1, 0.15) is 5.75 Å². The van der Waals surface area contributed by atoms with Crippen LogP contribution < -0.4 is 10.1 Å². The number of nitrogens with one attached hydrogen (secondary N) is 1. The largest absolute Gasteiger partial charge is 0.438 e. The lowest BCUT2D eigenvalue weighted by molar-refractivity contribution is -0.384. The molecule has 0 unspecified atom stereocenters. The van der Waals surface area contributed by atoms with E-state index in [-0.39, 0.29) is 5.69 Å². The van der Waals surface area contributed by atoms with E-state index >= 15 is 0 Å². The number of benzene rings is 1. The Bertz CT molecular complexity index is 673. The monoisotopic (exact) mass is 288 g/mol. The second-order valence-electron chi connectivity index (χ2n) is 4.52. The molecule has 0 spiro atoms. The lowest BCUT2D eigenvalue weighted by Crippen LogP contribution is -2.04. The Kier molecular flexibility index (Phi) is 4.32. The van der Waals surface area contributed by atoms with E-state index in [2.05, 4.69) is 15.3 Å². The molecular weight excluding hydrogens is 272 g/mol. The predicted octanol–water partition coefficient (Wildman–Crippen LogP) is 3.23. The van der Waals surface area contributed by atoms with Gasteiger partial charge >= 0.3 is 0 Å². The fourth-order valence-corrected chi connectivity index (χ4v) is 1.69. The summed E-state index contributed by atoms with van der Waals surface area (Å²) in [5, 5.41) is 13.8. The van der Waals surface area contributed by atoms with Crippen molar-refractivity contribution in [2.24, 2.45) is 0 Å². The maximum atomic E-state index is 10.8. The van der Waals surface area contributed by atoms with Gasteiger partial charge in [0.05, 0.1) is 11.0 Å². The molecule has 0 radical (unpaired) electrons. The molecule has 0 saturated heterocycles. The van der Waals surface area contributed by atoms with Gasteiger partial charge in [0.2, 0.25) is 11.8 Å². The summed E-state index contributed by atoms with van der Waals surface area (Å²) in [7, 11) is 0. The van der Waals surface area contributed by atoms with Gasteiger partial charge in [0.25, 0.3) is 5.69 Å². The number of non-ortho nitro benzene ring substituents is 1. The number of aromatic nitrogens is 2. The van der Waals surface area contributed by atoms with Gasteiger partial charge in [-0.05, 0) is 32.4 Å². The first-order valence-electron chi connectivity index (χ1n) is 6.51. The SMILES string of the molecule is CCNc1ncc(C)c(Oc2cc([N+](=O)[O-])ccc2C)n1. The minimum atomic E-state index is -0.455. The number of rotatable bonds is 5. The number of aryl methyl sites for hydroxylation is 2. The van der Waals surface area contributed by atoms with E-state index in [1.807, 2.05) is 20.8 Å². The van der Waals surface area contributed by atoms with Crippen LogP contribution in [0.3, 0.4) is 0 Å². The molecule has 0 aliphatic heterocycles. The summed E-state index contributed by atoms with van der Waals surface area (Å²) >= 11 is 0. The van der Waals surface area contributed by atoms with Crippen molar-refractivity contribution in [1.82, 2.24) is 9.97 Å². The summed E-state index contributed by atoms with van der Waals surface area (Å²) in [6, 6.07) is 4.48. The van der Waals surface area contributed by atoms with Crippen molar-refractivity contribution in [2.75, 3.05) is 11.9 Å². The first kappa shape index (κ1) is 14.7. The molecule has 21 heavy (non-hydrogen) atoms. The number of nitro benzene ring substituents is 1. The van der Waals surface area contributed by atoms with Gasteiger partial charge in [-0.1, -0.05) is 0 Å². The molecule has 0 bridgehead atoms. The molecule has 110 valence electrons. The number of hydrogen-bond donors (Lipinski definition) is 1. The minimum absolute atomic E-state index is 0.0192. The van der Waals surface area contributed by atoms with E-state index in [1.54, 1.807) is 12.3 Å². The smallest absolute Gasteiger partial charge is 0.273 e. The number of anilines is 1. The van der Waals surface area contributed by atoms with Crippen molar-refractivity contribution in [1.29, 1.82) is 0 Å². The highest BCUT2D eigenvalue weighted by molar-refractivity contribution is 5.46. The molecule has 1 aromatic heterocycles. The number of ether oxygens (including phenoxy) is 1. The Labute approximate surface area is 122 Å². The molecule has 1 heterocycles. The van der Waals surface area contributed by atoms with Crippen LogP contribution in [-0.4, -0.2) is 21.4 Å². The quantitative estimate of drug-likeness (QED) is 0.671. The molecule has 0 amide bonds. The highest BCUT2D eigenvalue weighted by Gasteiger charge is 2.12. The van der Waals surface area contributed by atoms with Gasteiger partial charge in [-0.15, -0.1) is 0 Å².